The molecule has 108 valence electrons. The monoisotopic (exact) mass is 302 g/mol. The van der Waals surface area contributed by atoms with E-state index < -0.39 is 5.97 Å². The fourth-order valence-corrected chi connectivity index (χ4v) is 2.06. The summed E-state index contributed by atoms with van der Waals surface area (Å²) in [5, 5.41) is 0.608. The number of benzene rings is 2. The van der Waals surface area contributed by atoms with Crippen LogP contribution in [0.1, 0.15) is 11.1 Å². The molecule has 0 saturated carbocycles. The summed E-state index contributed by atoms with van der Waals surface area (Å²) < 4.78 is 10.5. The van der Waals surface area contributed by atoms with Crippen LogP contribution in [0, 0.1) is 6.92 Å². The topological polar surface area (TPSA) is 35.5 Å². The lowest BCUT2D eigenvalue weighted by molar-refractivity contribution is -0.128. The number of hydrogen-bond donors (Lipinski definition) is 0. The van der Waals surface area contributed by atoms with Crippen LogP contribution >= 0.6 is 11.6 Å². The molecule has 0 atom stereocenters. The molecule has 0 unspecified atom stereocenters. The minimum atomic E-state index is -0.452. The maximum absolute atomic E-state index is 11.8. The fourth-order valence-electron chi connectivity index (χ4n) is 1.83. The Kier molecular flexibility index (Phi) is 5.01. The van der Waals surface area contributed by atoms with Gasteiger partial charge < -0.3 is 9.47 Å². The Bertz CT molecular complexity index is 677. The Hall–Kier alpha value is -2.26. The molecule has 0 amide bonds. The second kappa shape index (κ2) is 6.95. The Balaban J connectivity index is 2.09. The molecule has 0 radical (unpaired) electrons. The Labute approximate surface area is 128 Å². The first-order valence-corrected chi connectivity index (χ1v) is 6.77. The van der Waals surface area contributed by atoms with E-state index in [4.69, 9.17) is 21.1 Å². The van der Waals surface area contributed by atoms with Crippen molar-refractivity contribution in [3.05, 3.63) is 64.7 Å². The van der Waals surface area contributed by atoms with Crippen molar-refractivity contribution in [3.8, 4) is 11.5 Å². The van der Waals surface area contributed by atoms with Gasteiger partial charge in [0.25, 0.3) is 0 Å². The number of carbonyl (C=O) groups is 1. The number of para-hydroxylation sites is 1. The van der Waals surface area contributed by atoms with Gasteiger partial charge in [0.2, 0.25) is 0 Å². The SMILES string of the molecule is COc1ccccc1/C=C/C(=O)Oc1ccc(Cl)cc1C. The number of rotatable bonds is 4. The molecule has 0 aliphatic rings. The number of hydrogen-bond acceptors (Lipinski definition) is 3. The zero-order chi connectivity index (χ0) is 15.2. The molecule has 0 bridgehead atoms. The van der Waals surface area contributed by atoms with Crippen molar-refractivity contribution in [1.29, 1.82) is 0 Å². The molecule has 0 fully saturated rings. The molecule has 3 nitrogen and oxygen atoms in total. The van der Waals surface area contributed by atoms with Gasteiger partial charge in [-0.25, -0.2) is 4.79 Å². The molecule has 0 aliphatic heterocycles. The Morgan fingerprint density at radius 3 is 2.62 bits per heavy atom. The van der Waals surface area contributed by atoms with Gasteiger partial charge in [-0.2, -0.15) is 0 Å². The van der Waals surface area contributed by atoms with E-state index in [0.29, 0.717) is 16.5 Å². The van der Waals surface area contributed by atoms with Gasteiger partial charge in [0, 0.05) is 16.7 Å². The van der Waals surface area contributed by atoms with Crippen LogP contribution in [0.5, 0.6) is 11.5 Å². The van der Waals surface area contributed by atoms with Crippen molar-refractivity contribution in [2.75, 3.05) is 7.11 Å². The van der Waals surface area contributed by atoms with Crippen LogP contribution < -0.4 is 9.47 Å². The average molecular weight is 303 g/mol. The van der Waals surface area contributed by atoms with Crippen molar-refractivity contribution in [2.45, 2.75) is 6.92 Å². The summed E-state index contributed by atoms with van der Waals surface area (Å²) >= 11 is 5.86. The highest BCUT2D eigenvalue weighted by Gasteiger charge is 2.05. The predicted molar refractivity (Wildman–Crippen MR) is 83.9 cm³/mol. The molecule has 21 heavy (non-hydrogen) atoms. The van der Waals surface area contributed by atoms with Gasteiger partial charge in [-0.3, -0.25) is 0 Å². The zero-order valence-corrected chi connectivity index (χ0v) is 12.6. The van der Waals surface area contributed by atoms with Crippen molar-refractivity contribution in [3.63, 3.8) is 0 Å². The van der Waals surface area contributed by atoms with Crippen molar-refractivity contribution in [2.24, 2.45) is 0 Å². The normalized spacial score (nSPS) is 10.6. The lowest BCUT2D eigenvalue weighted by atomic mass is 10.2. The summed E-state index contributed by atoms with van der Waals surface area (Å²) in [5.41, 5.74) is 1.62. The number of esters is 1. The van der Waals surface area contributed by atoms with Crippen LogP contribution in [0.3, 0.4) is 0 Å². The van der Waals surface area contributed by atoms with E-state index in [1.165, 1.54) is 6.08 Å². The third-order valence-electron chi connectivity index (χ3n) is 2.89. The number of aryl methyl sites for hydroxylation is 1. The molecule has 0 aliphatic carbocycles. The molecule has 0 spiro atoms. The molecule has 0 N–H and O–H groups in total. The second-order valence-electron chi connectivity index (χ2n) is 4.41. The number of methoxy groups -OCH3 is 1. The first-order valence-electron chi connectivity index (χ1n) is 6.39. The molecule has 0 saturated heterocycles. The molecule has 2 rings (SSSR count). The first-order chi connectivity index (χ1) is 10.1. The van der Waals surface area contributed by atoms with Gasteiger partial charge in [0.05, 0.1) is 7.11 Å². The van der Waals surface area contributed by atoms with Crippen molar-refractivity contribution in [1.82, 2.24) is 0 Å². The van der Waals surface area contributed by atoms with Crippen LogP contribution in [-0.4, -0.2) is 13.1 Å². The Morgan fingerprint density at radius 1 is 1.14 bits per heavy atom. The number of carbonyl (C=O) groups excluding carboxylic acids is 1. The quantitative estimate of drug-likeness (QED) is 0.480. The second-order valence-corrected chi connectivity index (χ2v) is 4.84. The maximum atomic E-state index is 11.8. The van der Waals surface area contributed by atoms with Gasteiger partial charge >= 0.3 is 5.97 Å². The number of ether oxygens (including phenoxy) is 2. The minimum Gasteiger partial charge on any atom is -0.496 e. The standard InChI is InChI=1S/C17H15ClO3/c1-12-11-14(18)8-9-15(12)21-17(19)10-7-13-5-3-4-6-16(13)20-2/h3-11H,1-2H3/b10-7+. The molecule has 0 aromatic heterocycles. The highest BCUT2D eigenvalue weighted by Crippen LogP contribution is 2.22. The summed E-state index contributed by atoms with van der Waals surface area (Å²) in [5.74, 6) is 0.740. The van der Waals surface area contributed by atoms with E-state index in [1.807, 2.05) is 31.2 Å². The summed E-state index contributed by atoms with van der Waals surface area (Å²) in [6, 6.07) is 12.5. The molecule has 0 heterocycles. The van der Waals surface area contributed by atoms with Gasteiger partial charge in [0.15, 0.2) is 0 Å². The lowest BCUT2D eigenvalue weighted by Crippen LogP contribution is -2.04. The first kappa shape index (κ1) is 15.1. The molecular weight excluding hydrogens is 288 g/mol. The van der Waals surface area contributed by atoms with Crippen LogP contribution in [0.25, 0.3) is 6.08 Å². The molecular formula is C17H15ClO3. The molecule has 2 aromatic carbocycles. The van der Waals surface area contributed by atoms with E-state index in [0.717, 1.165) is 11.1 Å². The maximum Gasteiger partial charge on any atom is 0.336 e. The van der Waals surface area contributed by atoms with Gasteiger partial charge in [-0.1, -0.05) is 29.8 Å². The zero-order valence-electron chi connectivity index (χ0n) is 11.8. The fraction of sp³-hybridized carbons (Fsp3) is 0.118. The molecule has 4 heteroatoms. The Morgan fingerprint density at radius 2 is 1.90 bits per heavy atom. The van der Waals surface area contributed by atoms with Crippen LogP contribution in [0.15, 0.2) is 48.5 Å². The predicted octanol–water partition coefficient (Wildman–Crippen LogP) is 4.28. The summed E-state index contributed by atoms with van der Waals surface area (Å²) in [7, 11) is 1.59. The third-order valence-corrected chi connectivity index (χ3v) is 3.12. The smallest absolute Gasteiger partial charge is 0.336 e. The van der Waals surface area contributed by atoms with E-state index in [1.54, 1.807) is 31.4 Å². The van der Waals surface area contributed by atoms with E-state index in [9.17, 15) is 4.79 Å². The summed E-state index contributed by atoms with van der Waals surface area (Å²) in [6.07, 6.45) is 3.03. The third kappa shape index (κ3) is 4.10. The van der Waals surface area contributed by atoms with Crippen molar-refractivity contribution >= 4 is 23.6 Å². The highest BCUT2D eigenvalue weighted by molar-refractivity contribution is 6.30. The number of halogens is 1. The van der Waals surface area contributed by atoms with Crippen LogP contribution in [0.4, 0.5) is 0 Å². The summed E-state index contributed by atoms with van der Waals surface area (Å²) in [6.45, 7) is 1.83. The van der Waals surface area contributed by atoms with E-state index in [2.05, 4.69) is 0 Å². The van der Waals surface area contributed by atoms with Gasteiger partial charge in [-0.15, -0.1) is 0 Å². The van der Waals surface area contributed by atoms with Gasteiger partial charge in [-0.05, 0) is 42.8 Å². The van der Waals surface area contributed by atoms with Crippen LogP contribution in [0.2, 0.25) is 5.02 Å². The van der Waals surface area contributed by atoms with E-state index in [-0.39, 0.29) is 0 Å². The van der Waals surface area contributed by atoms with Crippen LogP contribution in [-0.2, 0) is 4.79 Å². The molecule has 2 aromatic rings. The largest absolute Gasteiger partial charge is 0.496 e. The highest BCUT2D eigenvalue weighted by atomic mass is 35.5. The summed E-state index contributed by atoms with van der Waals surface area (Å²) in [4.78, 5) is 11.8. The lowest BCUT2D eigenvalue weighted by Gasteiger charge is -2.06. The minimum absolute atomic E-state index is 0.452. The van der Waals surface area contributed by atoms with Gasteiger partial charge in [0.1, 0.15) is 11.5 Å². The van der Waals surface area contributed by atoms with E-state index >= 15 is 0 Å². The van der Waals surface area contributed by atoms with Crippen molar-refractivity contribution < 1.29 is 14.3 Å². The average Bonchev–Trinajstić information content (AvgIpc) is 2.48.